The summed E-state index contributed by atoms with van der Waals surface area (Å²) in [5.41, 5.74) is 1.00. The largest absolute Gasteiger partial charge is 0.481 e. The van der Waals surface area contributed by atoms with Crippen LogP contribution in [0.5, 0.6) is 5.88 Å². The van der Waals surface area contributed by atoms with Crippen molar-refractivity contribution in [1.82, 2.24) is 4.98 Å². The highest BCUT2D eigenvalue weighted by Crippen LogP contribution is 2.40. The molecule has 0 unspecified atom stereocenters. The number of hydrogen-bond acceptors (Lipinski definition) is 4. The summed E-state index contributed by atoms with van der Waals surface area (Å²) in [4.78, 5) is 6.48. The third-order valence-electron chi connectivity index (χ3n) is 5.44. The summed E-state index contributed by atoms with van der Waals surface area (Å²) < 4.78 is 11.9. The molecule has 0 spiro atoms. The summed E-state index contributed by atoms with van der Waals surface area (Å²) in [6, 6.07) is 1.92. The van der Waals surface area contributed by atoms with Gasteiger partial charge in [0.25, 0.3) is 0 Å². The molecule has 24 heavy (non-hydrogen) atoms. The van der Waals surface area contributed by atoms with Crippen molar-refractivity contribution >= 4 is 25.6 Å². The SMILES string of the molecule is COc1cc(N2CC[C@@H](O[Si](C)(C)C(C)(C)C)[C@@H](C)C2)c(Cl)cn1. The highest BCUT2D eigenvalue weighted by atomic mass is 35.5. The summed E-state index contributed by atoms with van der Waals surface area (Å²) >= 11 is 6.35. The molecule has 2 heterocycles. The normalized spacial score (nSPS) is 22.6. The van der Waals surface area contributed by atoms with E-state index >= 15 is 0 Å². The fraction of sp³-hybridized carbons (Fsp3) is 0.722. The summed E-state index contributed by atoms with van der Waals surface area (Å²) in [5.74, 6) is 1.06. The lowest BCUT2D eigenvalue weighted by molar-refractivity contribution is 0.106. The van der Waals surface area contributed by atoms with Crippen molar-refractivity contribution in [3.05, 3.63) is 17.3 Å². The molecular weight excluding hydrogens is 340 g/mol. The van der Waals surface area contributed by atoms with Crippen LogP contribution < -0.4 is 9.64 Å². The van der Waals surface area contributed by atoms with Crippen molar-refractivity contribution in [2.24, 2.45) is 5.92 Å². The number of pyridine rings is 1. The second-order valence-corrected chi connectivity index (χ2v) is 13.5. The van der Waals surface area contributed by atoms with Crippen molar-refractivity contribution in [2.45, 2.75) is 58.4 Å². The van der Waals surface area contributed by atoms with Crippen molar-refractivity contribution in [3.63, 3.8) is 0 Å². The maximum Gasteiger partial charge on any atom is 0.215 e. The molecule has 2 rings (SSSR count). The average Bonchev–Trinajstić information content (AvgIpc) is 2.48. The average molecular weight is 371 g/mol. The number of anilines is 1. The molecule has 1 aliphatic rings. The van der Waals surface area contributed by atoms with Crippen LogP contribution in [0, 0.1) is 5.92 Å². The molecule has 0 aliphatic carbocycles. The first-order valence-electron chi connectivity index (χ1n) is 8.67. The number of halogens is 1. The van der Waals surface area contributed by atoms with E-state index in [1.807, 2.05) is 6.07 Å². The van der Waals surface area contributed by atoms with E-state index in [-0.39, 0.29) is 5.04 Å². The number of piperidine rings is 1. The molecule has 0 amide bonds. The van der Waals surface area contributed by atoms with Crippen LogP contribution in [0.25, 0.3) is 0 Å². The predicted molar refractivity (Wildman–Crippen MR) is 104 cm³/mol. The smallest absolute Gasteiger partial charge is 0.215 e. The van der Waals surface area contributed by atoms with E-state index in [0.717, 1.165) is 25.2 Å². The first-order chi connectivity index (χ1) is 11.0. The Labute approximate surface area is 152 Å². The Bertz CT molecular complexity index is 575. The van der Waals surface area contributed by atoms with Crippen molar-refractivity contribution in [1.29, 1.82) is 0 Å². The van der Waals surface area contributed by atoms with Crippen LogP contribution in [0.1, 0.15) is 34.1 Å². The van der Waals surface area contributed by atoms with E-state index in [9.17, 15) is 0 Å². The van der Waals surface area contributed by atoms with Gasteiger partial charge in [-0.2, -0.15) is 0 Å². The van der Waals surface area contributed by atoms with Gasteiger partial charge in [0.15, 0.2) is 8.32 Å². The minimum absolute atomic E-state index is 0.242. The van der Waals surface area contributed by atoms with E-state index < -0.39 is 8.32 Å². The number of hydrogen-bond donors (Lipinski definition) is 0. The monoisotopic (exact) mass is 370 g/mol. The maximum absolute atomic E-state index is 6.66. The summed E-state index contributed by atoms with van der Waals surface area (Å²) in [5, 5.41) is 0.915. The van der Waals surface area contributed by atoms with Crippen molar-refractivity contribution in [3.8, 4) is 5.88 Å². The second kappa shape index (κ2) is 7.22. The predicted octanol–water partition coefficient (Wildman–Crippen LogP) is 4.98. The van der Waals surface area contributed by atoms with Gasteiger partial charge in [-0.05, 0) is 30.5 Å². The van der Waals surface area contributed by atoms with Gasteiger partial charge in [0.2, 0.25) is 5.88 Å². The third kappa shape index (κ3) is 4.24. The van der Waals surface area contributed by atoms with Crippen LogP contribution >= 0.6 is 11.6 Å². The molecule has 4 nitrogen and oxygen atoms in total. The minimum Gasteiger partial charge on any atom is -0.481 e. The Kier molecular flexibility index (Phi) is 5.88. The molecule has 0 radical (unpaired) electrons. The van der Waals surface area contributed by atoms with Gasteiger partial charge >= 0.3 is 0 Å². The number of ether oxygens (including phenoxy) is 1. The minimum atomic E-state index is -1.74. The molecule has 2 atom stereocenters. The quantitative estimate of drug-likeness (QED) is 0.700. The van der Waals surface area contributed by atoms with Gasteiger partial charge in [-0.25, -0.2) is 4.98 Å². The van der Waals surface area contributed by atoms with E-state index in [1.165, 1.54) is 0 Å². The van der Waals surface area contributed by atoms with Crippen LogP contribution in [-0.2, 0) is 4.43 Å². The molecule has 136 valence electrons. The third-order valence-corrected chi connectivity index (χ3v) is 10.2. The summed E-state index contributed by atoms with van der Waals surface area (Å²) in [7, 11) is -0.109. The zero-order valence-electron chi connectivity index (χ0n) is 16.0. The molecule has 1 aliphatic heterocycles. The first kappa shape index (κ1) is 19.5. The fourth-order valence-corrected chi connectivity index (χ4v) is 4.52. The zero-order chi connectivity index (χ0) is 18.1. The van der Waals surface area contributed by atoms with Crippen LogP contribution in [0.2, 0.25) is 23.2 Å². The Morgan fingerprint density at radius 3 is 2.54 bits per heavy atom. The summed E-state index contributed by atoms with van der Waals surface area (Å²) in [6.45, 7) is 15.7. The molecule has 1 saturated heterocycles. The van der Waals surface area contributed by atoms with E-state index in [2.05, 4.69) is 50.7 Å². The molecular formula is C18H31ClN2O2Si. The Morgan fingerprint density at radius 1 is 1.33 bits per heavy atom. The van der Waals surface area contributed by atoms with Crippen LogP contribution in [-0.4, -0.2) is 39.6 Å². The highest BCUT2D eigenvalue weighted by molar-refractivity contribution is 6.74. The van der Waals surface area contributed by atoms with Crippen LogP contribution in [0.3, 0.4) is 0 Å². The lowest BCUT2D eigenvalue weighted by atomic mass is 9.96. The second-order valence-electron chi connectivity index (χ2n) is 8.31. The van der Waals surface area contributed by atoms with Crippen LogP contribution in [0.15, 0.2) is 12.3 Å². The molecule has 1 fully saturated rings. The lowest BCUT2D eigenvalue weighted by Crippen LogP contribution is -2.50. The number of nitrogens with zero attached hydrogens (tertiary/aromatic N) is 2. The lowest BCUT2D eigenvalue weighted by Gasteiger charge is -2.45. The Hall–Kier alpha value is -0.783. The van der Waals surface area contributed by atoms with Gasteiger partial charge in [-0.1, -0.05) is 39.3 Å². The van der Waals surface area contributed by atoms with Crippen LogP contribution in [0.4, 0.5) is 5.69 Å². The summed E-state index contributed by atoms with van der Waals surface area (Å²) in [6.07, 6.45) is 3.01. The molecule has 1 aromatic heterocycles. The molecule has 0 N–H and O–H groups in total. The van der Waals surface area contributed by atoms with E-state index in [0.29, 0.717) is 22.9 Å². The highest BCUT2D eigenvalue weighted by Gasteiger charge is 2.41. The van der Waals surface area contributed by atoms with Gasteiger partial charge in [-0.15, -0.1) is 0 Å². The number of rotatable bonds is 4. The molecule has 0 bridgehead atoms. The Morgan fingerprint density at radius 2 is 2.00 bits per heavy atom. The fourth-order valence-electron chi connectivity index (χ4n) is 2.84. The maximum atomic E-state index is 6.66. The Balaban J connectivity index is 2.08. The van der Waals surface area contributed by atoms with E-state index in [4.69, 9.17) is 20.8 Å². The number of aromatic nitrogens is 1. The standard InChI is InChI=1S/C18H31ClN2O2Si/c1-13-12-21(15-10-17(22-5)20-11-14(15)19)9-8-16(13)23-24(6,7)18(2,3)4/h10-11,13,16H,8-9,12H2,1-7H3/t13-,16+/m0/s1. The van der Waals surface area contributed by atoms with E-state index in [1.54, 1.807) is 13.3 Å². The number of methoxy groups -OCH3 is 1. The molecule has 0 aromatic carbocycles. The van der Waals surface area contributed by atoms with Gasteiger partial charge in [0.05, 0.1) is 30.1 Å². The molecule has 6 heteroatoms. The van der Waals surface area contributed by atoms with Crippen molar-refractivity contribution < 1.29 is 9.16 Å². The van der Waals surface area contributed by atoms with Gasteiger partial charge in [-0.3, -0.25) is 0 Å². The zero-order valence-corrected chi connectivity index (χ0v) is 17.8. The van der Waals surface area contributed by atoms with Gasteiger partial charge < -0.3 is 14.1 Å². The van der Waals surface area contributed by atoms with Crippen molar-refractivity contribution in [2.75, 3.05) is 25.1 Å². The first-order valence-corrected chi connectivity index (χ1v) is 12.0. The van der Waals surface area contributed by atoms with Gasteiger partial charge in [0.1, 0.15) is 0 Å². The topological polar surface area (TPSA) is 34.6 Å². The van der Waals surface area contributed by atoms with Gasteiger partial charge in [0, 0.05) is 19.2 Å². The molecule has 1 aromatic rings. The molecule has 0 saturated carbocycles.